The second kappa shape index (κ2) is 5.56. The van der Waals surface area contributed by atoms with Crippen LogP contribution in [-0.4, -0.2) is 33.4 Å². The van der Waals surface area contributed by atoms with Crippen LogP contribution in [0, 0.1) is 0 Å². The van der Waals surface area contributed by atoms with E-state index >= 15 is 0 Å². The summed E-state index contributed by atoms with van der Waals surface area (Å²) in [6.07, 6.45) is 3.33. The van der Waals surface area contributed by atoms with Crippen molar-refractivity contribution < 1.29 is 4.79 Å². The van der Waals surface area contributed by atoms with Crippen LogP contribution in [0.5, 0.6) is 0 Å². The Morgan fingerprint density at radius 1 is 1.21 bits per heavy atom. The number of fused-ring (bicyclic) bond motifs is 2. The largest absolute Gasteiger partial charge is 0.383 e. The van der Waals surface area contributed by atoms with E-state index in [0.717, 1.165) is 11.3 Å². The van der Waals surface area contributed by atoms with Crippen LogP contribution in [0.15, 0.2) is 47.5 Å². The SMILES string of the molecule is Cn1cc(C(=O)N2CCNc3ccccc3C2)c2cc[nH]c2c1=O. The van der Waals surface area contributed by atoms with Gasteiger partial charge in [-0.1, -0.05) is 18.2 Å². The number of amides is 1. The van der Waals surface area contributed by atoms with Gasteiger partial charge in [0.25, 0.3) is 11.5 Å². The van der Waals surface area contributed by atoms with Crippen molar-refractivity contribution >= 4 is 22.5 Å². The number of carbonyl (C=O) groups excluding carboxylic acids is 1. The van der Waals surface area contributed by atoms with Crippen molar-refractivity contribution in [1.29, 1.82) is 0 Å². The van der Waals surface area contributed by atoms with Crippen molar-refractivity contribution in [3.8, 4) is 0 Å². The predicted octanol–water partition coefficient (Wildman–Crippen LogP) is 1.93. The van der Waals surface area contributed by atoms with Crippen molar-refractivity contribution in [3.05, 3.63) is 64.2 Å². The number of nitrogens with zero attached hydrogens (tertiary/aromatic N) is 2. The molecule has 3 aromatic rings. The van der Waals surface area contributed by atoms with Gasteiger partial charge in [0.2, 0.25) is 0 Å². The zero-order chi connectivity index (χ0) is 16.7. The van der Waals surface area contributed by atoms with Gasteiger partial charge in [0.05, 0.1) is 5.56 Å². The Morgan fingerprint density at radius 2 is 2.04 bits per heavy atom. The van der Waals surface area contributed by atoms with Gasteiger partial charge in [0.15, 0.2) is 0 Å². The summed E-state index contributed by atoms with van der Waals surface area (Å²) in [4.78, 5) is 30.0. The van der Waals surface area contributed by atoms with Gasteiger partial charge in [0.1, 0.15) is 5.52 Å². The summed E-state index contributed by atoms with van der Waals surface area (Å²) in [5, 5.41) is 4.03. The van der Waals surface area contributed by atoms with E-state index in [-0.39, 0.29) is 11.5 Å². The van der Waals surface area contributed by atoms with Crippen LogP contribution < -0.4 is 10.9 Å². The minimum Gasteiger partial charge on any atom is -0.383 e. The summed E-state index contributed by atoms with van der Waals surface area (Å²) in [6.45, 7) is 1.86. The molecular formula is C18H18N4O2. The van der Waals surface area contributed by atoms with Crippen LogP contribution in [0.1, 0.15) is 15.9 Å². The molecule has 2 N–H and O–H groups in total. The molecule has 2 aromatic heterocycles. The molecule has 1 aromatic carbocycles. The quantitative estimate of drug-likeness (QED) is 0.719. The first kappa shape index (κ1) is 14.6. The van der Waals surface area contributed by atoms with Crippen molar-refractivity contribution in [1.82, 2.24) is 14.5 Å². The molecule has 1 amide bonds. The van der Waals surface area contributed by atoms with Crippen molar-refractivity contribution in [2.75, 3.05) is 18.4 Å². The molecule has 3 heterocycles. The molecule has 0 saturated carbocycles. The molecule has 4 rings (SSSR count). The van der Waals surface area contributed by atoms with Gasteiger partial charge in [-0.15, -0.1) is 0 Å². The summed E-state index contributed by atoms with van der Waals surface area (Å²) in [5.74, 6) is -0.0614. The number of aromatic nitrogens is 2. The topological polar surface area (TPSA) is 70.1 Å². The first-order chi connectivity index (χ1) is 11.6. The Hall–Kier alpha value is -3.02. The molecule has 0 atom stereocenters. The number of hydrogen-bond donors (Lipinski definition) is 2. The van der Waals surface area contributed by atoms with Crippen LogP contribution >= 0.6 is 0 Å². The lowest BCUT2D eigenvalue weighted by atomic mass is 10.1. The lowest BCUT2D eigenvalue weighted by Gasteiger charge is -2.21. The number of anilines is 1. The lowest BCUT2D eigenvalue weighted by molar-refractivity contribution is 0.0754. The molecule has 1 aliphatic rings. The molecule has 6 nitrogen and oxygen atoms in total. The van der Waals surface area contributed by atoms with Gasteiger partial charge in [-0.05, 0) is 17.7 Å². The van der Waals surface area contributed by atoms with E-state index in [0.29, 0.717) is 36.1 Å². The second-order valence-corrected chi connectivity index (χ2v) is 6.04. The third-order valence-electron chi connectivity index (χ3n) is 4.49. The summed E-state index contributed by atoms with van der Waals surface area (Å²) in [5.41, 5.74) is 3.05. The van der Waals surface area contributed by atoms with Gasteiger partial charge in [-0.3, -0.25) is 9.59 Å². The summed E-state index contributed by atoms with van der Waals surface area (Å²) < 4.78 is 1.45. The van der Waals surface area contributed by atoms with Gasteiger partial charge in [-0.25, -0.2) is 0 Å². The molecule has 0 radical (unpaired) electrons. The van der Waals surface area contributed by atoms with E-state index in [4.69, 9.17) is 0 Å². The molecular weight excluding hydrogens is 304 g/mol. The maximum Gasteiger partial charge on any atom is 0.274 e. The fourth-order valence-corrected chi connectivity index (χ4v) is 3.22. The zero-order valence-electron chi connectivity index (χ0n) is 13.4. The van der Waals surface area contributed by atoms with E-state index in [9.17, 15) is 9.59 Å². The summed E-state index contributed by atoms with van der Waals surface area (Å²) in [7, 11) is 1.67. The minimum absolute atomic E-state index is 0.0614. The number of pyridine rings is 1. The van der Waals surface area contributed by atoms with Crippen LogP contribution in [0.3, 0.4) is 0 Å². The van der Waals surface area contributed by atoms with Crippen LogP contribution in [0.4, 0.5) is 5.69 Å². The molecule has 6 heteroatoms. The fraction of sp³-hybridized carbons (Fsp3) is 0.222. The molecule has 1 aliphatic heterocycles. The molecule has 122 valence electrons. The monoisotopic (exact) mass is 322 g/mol. The van der Waals surface area contributed by atoms with E-state index in [2.05, 4.69) is 10.3 Å². The number of hydrogen-bond acceptors (Lipinski definition) is 3. The number of carbonyl (C=O) groups is 1. The molecule has 0 fully saturated rings. The highest BCUT2D eigenvalue weighted by Crippen LogP contribution is 2.22. The lowest BCUT2D eigenvalue weighted by Crippen LogP contribution is -2.33. The van der Waals surface area contributed by atoms with E-state index < -0.39 is 0 Å². The molecule has 24 heavy (non-hydrogen) atoms. The Balaban J connectivity index is 1.76. The first-order valence-electron chi connectivity index (χ1n) is 7.93. The third-order valence-corrected chi connectivity index (χ3v) is 4.49. The number of aryl methyl sites for hydroxylation is 1. The Bertz CT molecular complexity index is 986. The fourth-order valence-electron chi connectivity index (χ4n) is 3.22. The van der Waals surface area contributed by atoms with E-state index in [1.165, 1.54) is 4.57 Å². The second-order valence-electron chi connectivity index (χ2n) is 6.04. The highest BCUT2D eigenvalue weighted by Gasteiger charge is 2.23. The van der Waals surface area contributed by atoms with Gasteiger partial charge < -0.3 is 19.8 Å². The number of para-hydroxylation sites is 1. The van der Waals surface area contributed by atoms with Gasteiger partial charge >= 0.3 is 0 Å². The molecule has 0 spiro atoms. The first-order valence-corrected chi connectivity index (χ1v) is 7.93. The molecule has 0 aliphatic carbocycles. The standard InChI is InChI=1S/C18H18N4O2/c1-21-11-14(13-6-7-20-16(13)18(21)24)17(23)22-9-8-19-15-5-3-2-4-12(15)10-22/h2-7,11,19-20H,8-10H2,1H3. The number of benzene rings is 1. The molecule has 0 saturated heterocycles. The maximum absolute atomic E-state index is 13.1. The van der Waals surface area contributed by atoms with Gasteiger partial charge in [0, 0.05) is 50.1 Å². The van der Waals surface area contributed by atoms with E-state index in [1.54, 1.807) is 25.5 Å². The van der Waals surface area contributed by atoms with Crippen LogP contribution in [0.2, 0.25) is 0 Å². The average molecular weight is 322 g/mol. The normalized spacial score (nSPS) is 14.1. The van der Waals surface area contributed by atoms with Crippen molar-refractivity contribution in [2.24, 2.45) is 7.05 Å². The zero-order valence-corrected chi connectivity index (χ0v) is 13.4. The summed E-state index contributed by atoms with van der Waals surface area (Å²) in [6, 6.07) is 9.80. The minimum atomic E-state index is -0.130. The van der Waals surface area contributed by atoms with Gasteiger partial charge in [-0.2, -0.15) is 0 Å². The Kier molecular flexibility index (Phi) is 3.37. The Morgan fingerprint density at radius 3 is 2.92 bits per heavy atom. The van der Waals surface area contributed by atoms with Crippen molar-refractivity contribution in [3.63, 3.8) is 0 Å². The summed E-state index contributed by atoms with van der Waals surface area (Å²) >= 11 is 0. The van der Waals surface area contributed by atoms with Crippen LogP contribution in [-0.2, 0) is 13.6 Å². The Labute approximate surface area is 138 Å². The highest BCUT2D eigenvalue weighted by atomic mass is 16.2. The molecule has 0 unspecified atom stereocenters. The number of rotatable bonds is 1. The third kappa shape index (κ3) is 2.27. The number of nitrogens with one attached hydrogen (secondary N) is 2. The number of H-pyrrole nitrogens is 1. The average Bonchev–Trinajstić information content (AvgIpc) is 2.98. The van der Waals surface area contributed by atoms with Crippen LogP contribution in [0.25, 0.3) is 10.9 Å². The van der Waals surface area contributed by atoms with E-state index in [1.807, 2.05) is 29.2 Å². The molecule has 0 bridgehead atoms. The number of aromatic amines is 1. The smallest absolute Gasteiger partial charge is 0.274 e. The maximum atomic E-state index is 13.1. The predicted molar refractivity (Wildman–Crippen MR) is 93.2 cm³/mol. The van der Waals surface area contributed by atoms with Crippen molar-refractivity contribution in [2.45, 2.75) is 6.54 Å². The highest BCUT2D eigenvalue weighted by molar-refractivity contribution is 6.06.